The fourth-order valence-corrected chi connectivity index (χ4v) is 1.48. The van der Waals surface area contributed by atoms with E-state index < -0.39 is 5.76 Å². The summed E-state index contributed by atoms with van der Waals surface area (Å²) < 4.78 is 9.71. The lowest BCUT2D eigenvalue weighted by atomic mass is 10.1. The summed E-state index contributed by atoms with van der Waals surface area (Å²) in [6, 6.07) is 5.11. The standard InChI is InChI=1S/C11H11NO4/c1-2-15-10(13)6-7-3-4-8-9(5-7)16-11(14)12-8/h3-5H,2,6H2,1H3,(H,12,14). The molecule has 5 heteroatoms. The highest BCUT2D eigenvalue weighted by Crippen LogP contribution is 2.13. The van der Waals surface area contributed by atoms with Crippen molar-refractivity contribution in [1.29, 1.82) is 0 Å². The molecule has 84 valence electrons. The normalized spacial score (nSPS) is 10.6. The van der Waals surface area contributed by atoms with Crippen molar-refractivity contribution in [3.05, 3.63) is 34.3 Å². The summed E-state index contributed by atoms with van der Waals surface area (Å²) >= 11 is 0. The second-order valence-electron chi connectivity index (χ2n) is 3.33. The van der Waals surface area contributed by atoms with Crippen LogP contribution >= 0.6 is 0 Å². The van der Waals surface area contributed by atoms with Gasteiger partial charge in [0.15, 0.2) is 5.58 Å². The Morgan fingerprint density at radius 1 is 1.50 bits per heavy atom. The zero-order chi connectivity index (χ0) is 11.5. The Bertz CT molecular complexity index is 567. The van der Waals surface area contributed by atoms with Gasteiger partial charge in [-0.25, -0.2) is 4.79 Å². The minimum absolute atomic E-state index is 0.179. The summed E-state index contributed by atoms with van der Waals surface area (Å²) in [5.41, 5.74) is 1.83. The number of oxazole rings is 1. The Morgan fingerprint density at radius 2 is 2.31 bits per heavy atom. The first-order valence-corrected chi connectivity index (χ1v) is 4.96. The number of fused-ring (bicyclic) bond motifs is 1. The van der Waals surface area contributed by atoms with E-state index in [1.54, 1.807) is 25.1 Å². The van der Waals surface area contributed by atoms with Crippen LogP contribution in [0.5, 0.6) is 0 Å². The van der Waals surface area contributed by atoms with Gasteiger partial charge in [-0.15, -0.1) is 0 Å². The number of hydrogen-bond donors (Lipinski definition) is 1. The van der Waals surface area contributed by atoms with Gasteiger partial charge in [-0.1, -0.05) is 6.07 Å². The number of carbonyl (C=O) groups excluding carboxylic acids is 1. The zero-order valence-electron chi connectivity index (χ0n) is 8.78. The third-order valence-electron chi connectivity index (χ3n) is 2.14. The van der Waals surface area contributed by atoms with Gasteiger partial charge in [0.1, 0.15) is 0 Å². The summed E-state index contributed by atoms with van der Waals surface area (Å²) in [5.74, 6) is -0.789. The van der Waals surface area contributed by atoms with Gasteiger partial charge in [-0.3, -0.25) is 9.78 Å². The SMILES string of the molecule is CCOC(=O)Cc1ccc2[nH]c(=O)oc2c1. The van der Waals surface area contributed by atoms with Crippen molar-refractivity contribution in [2.75, 3.05) is 6.61 Å². The second kappa shape index (κ2) is 4.22. The predicted molar refractivity (Wildman–Crippen MR) is 57.2 cm³/mol. The quantitative estimate of drug-likeness (QED) is 0.791. The van der Waals surface area contributed by atoms with Crippen LogP contribution in [-0.2, 0) is 16.0 Å². The largest absolute Gasteiger partial charge is 0.466 e. The number of aromatic amines is 1. The zero-order valence-corrected chi connectivity index (χ0v) is 8.78. The van der Waals surface area contributed by atoms with Crippen LogP contribution < -0.4 is 5.76 Å². The number of ether oxygens (including phenoxy) is 1. The third kappa shape index (κ3) is 2.13. The number of rotatable bonds is 3. The molecular weight excluding hydrogens is 210 g/mol. The van der Waals surface area contributed by atoms with Crippen molar-refractivity contribution in [1.82, 2.24) is 4.98 Å². The molecule has 1 N–H and O–H groups in total. The van der Waals surface area contributed by atoms with E-state index in [-0.39, 0.29) is 12.4 Å². The van der Waals surface area contributed by atoms with Crippen molar-refractivity contribution >= 4 is 17.1 Å². The first kappa shape index (κ1) is 10.5. The molecule has 0 fully saturated rings. The Labute approximate surface area is 91.0 Å². The van der Waals surface area contributed by atoms with Gasteiger partial charge < -0.3 is 9.15 Å². The maximum absolute atomic E-state index is 11.2. The van der Waals surface area contributed by atoms with Gasteiger partial charge in [0, 0.05) is 0 Å². The number of benzene rings is 1. The molecule has 2 aromatic rings. The summed E-state index contributed by atoms with van der Waals surface area (Å²) in [5, 5.41) is 0. The fourth-order valence-electron chi connectivity index (χ4n) is 1.48. The molecule has 0 saturated carbocycles. The van der Waals surface area contributed by atoms with E-state index in [4.69, 9.17) is 9.15 Å². The van der Waals surface area contributed by atoms with E-state index in [9.17, 15) is 9.59 Å². The monoisotopic (exact) mass is 221 g/mol. The lowest BCUT2D eigenvalue weighted by Gasteiger charge is -2.01. The number of H-pyrrole nitrogens is 1. The fraction of sp³-hybridized carbons (Fsp3) is 0.273. The van der Waals surface area contributed by atoms with Crippen LogP contribution in [0.25, 0.3) is 11.1 Å². The summed E-state index contributed by atoms with van der Waals surface area (Å²) in [4.78, 5) is 24.7. The number of nitrogens with one attached hydrogen (secondary N) is 1. The molecule has 0 aliphatic carbocycles. The van der Waals surface area contributed by atoms with Gasteiger partial charge in [0.25, 0.3) is 0 Å². The number of esters is 1. The molecule has 2 rings (SSSR count). The molecule has 1 aromatic carbocycles. The van der Waals surface area contributed by atoms with Gasteiger partial charge in [0.05, 0.1) is 18.5 Å². The lowest BCUT2D eigenvalue weighted by molar-refractivity contribution is -0.142. The Hall–Kier alpha value is -2.04. The maximum atomic E-state index is 11.2. The molecule has 0 aliphatic heterocycles. The highest BCUT2D eigenvalue weighted by Gasteiger charge is 2.06. The molecule has 0 atom stereocenters. The first-order valence-electron chi connectivity index (χ1n) is 4.96. The average molecular weight is 221 g/mol. The lowest BCUT2D eigenvalue weighted by Crippen LogP contribution is -2.07. The van der Waals surface area contributed by atoms with E-state index in [2.05, 4.69) is 4.98 Å². The molecule has 0 spiro atoms. The highest BCUT2D eigenvalue weighted by atomic mass is 16.5. The van der Waals surface area contributed by atoms with Crippen LogP contribution in [0, 0.1) is 0 Å². The summed E-state index contributed by atoms with van der Waals surface area (Å²) in [6.45, 7) is 2.12. The van der Waals surface area contributed by atoms with Gasteiger partial charge >= 0.3 is 11.7 Å². The van der Waals surface area contributed by atoms with Gasteiger partial charge in [-0.2, -0.15) is 0 Å². The van der Waals surface area contributed by atoms with Crippen LogP contribution in [-0.4, -0.2) is 17.6 Å². The number of carbonyl (C=O) groups is 1. The summed E-state index contributed by atoms with van der Waals surface area (Å²) in [7, 11) is 0. The molecule has 5 nitrogen and oxygen atoms in total. The van der Waals surface area contributed by atoms with E-state index in [0.717, 1.165) is 5.56 Å². The van der Waals surface area contributed by atoms with Crippen LogP contribution in [0.4, 0.5) is 0 Å². The molecule has 0 aliphatic rings. The highest BCUT2D eigenvalue weighted by molar-refractivity contribution is 5.77. The van der Waals surface area contributed by atoms with Gasteiger partial charge in [0.2, 0.25) is 0 Å². The van der Waals surface area contributed by atoms with Gasteiger partial charge in [-0.05, 0) is 24.6 Å². The molecule has 0 radical (unpaired) electrons. The maximum Gasteiger partial charge on any atom is 0.417 e. The van der Waals surface area contributed by atoms with Crippen molar-refractivity contribution < 1.29 is 13.9 Å². The van der Waals surface area contributed by atoms with E-state index in [1.807, 2.05) is 0 Å². The molecule has 1 heterocycles. The van der Waals surface area contributed by atoms with Crippen molar-refractivity contribution in [2.24, 2.45) is 0 Å². The van der Waals surface area contributed by atoms with E-state index >= 15 is 0 Å². The first-order chi connectivity index (χ1) is 7.69. The molecule has 1 aromatic heterocycles. The molecular formula is C11H11NO4. The second-order valence-corrected chi connectivity index (χ2v) is 3.33. The van der Waals surface area contributed by atoms with Crippen molar-refractivity contribution in [2.45, 2.75) is 13.3 Å². The minimum Gasteiger partial charge on any atom is -0.466 e. The topological polar surface area (TPSA) is 72.3 Å². The van der Waals surface area contributed by atoms with Crippen LogP contribution in [0.1, 0.15) is 12.5 Å². The smallest absolute Gasteiger partial charge is 0.417 e. The molecule has 0 unspecified atom stereocenters. The number of hydrogen-bond acceptors (Lipinski definition) is 4. The van der Waals surface area contributed by atoms with E-state index in [1.165, 1.54) is 0 Å². The Kier molecular flexibility index (Phi) is 2.76. The van der Waals surface area contributed by atoms with Crippen molar-refractivity contribution in [3.8, 4) is 0 Å². The van der Waals surface area contributed by atoms with Crippen LogP contribution in [0.2, 0.25) is 0 Å². The molecule has 0 bridgehead atoms. The molecule has 16 heavy (non-hydrogen) atoms. The van der Waals surface area contributed by atoms with Crippen molar-refractivity contribution in [3.63, 3.8) is 0 Å². The molecule has 0 saturated heterocycles. The van der Waals surface area contributed by atoms with E-state index in [0.29, 0.717) is 17.7 Å². The summed E-state index contributed by atoms with van der Waals surface area (Å²) in [6.07, 6.45) is 0.179. The third-order valence-corrected chi connectivity index (χ3v) is 2.14. The number of aromatic nitrogens is 1. The van der Waals surface area contributed by atoms with Crippen LogP contribution in [0.15, 0.2) is 27.4 Å². The minimum atomic E-state index is -0.497. The molecule has 0 amide bonds. The van der Waals surface area contributed by atoms with Crippen LogP contribution in [0.3, 0.4) is 0 Å². The Balaban J connectivity index is 2.25. The average Bonchev–Trinajstić information content (AvgIpc) is 2.57. The Morgan fingerprint density at radius 3 is 3.06 bits per heavy atom. The predicted octanol–water partition coefficient (Wildman–Crippen LogP) is 1.23.